The summed E-state index contributed by atoms with van der Waals surface area (Å²) in [6.07, 6.45) is 1.01. The van der Waals surface area contributed by atoms with Crippen molar-refractivity contribution in [2.24, 2.45) is 0 Å². The molecule has 0 fully saturated rings. The molecule has 1 rings (SSSR count). The minimum Gasteiger partial charge on any atom is -0.374 e. The predicted octanol–water partition coefficient (Wildman–Crippen LogP) is 1.44. The van der Waals surface area contributed by atoms with Crippen molar-refractivity contribution in [2.45, 2.75) is 6.92 Å². The van der Waals surface area contributed by atoms with Gasteiger partial charge in [-0.15, -0.1) is 0 Å². The number of hydrogen-bond acceptors (Lipinski definition) is 3. The van der Waals surface area contributed by atoms with Crippen molar-refractivity contribution < 1.29 is 13.9 Å². The Hall–Kier alpha value is -1.29. The molecule has 70 valence electrons. The van der Waals surface area contributed by atoms with E-state index in [2.05, 4.69) is 4.98 Å². The maximum absolute atomic E-state index is 12.4. The van der Waals surface area contributed by atoms with Gasteiger partial charge in [-0.3, -0.25) is 4.79 Å². The maximum Gasteiger partial charge on any atom is 0.206 e. The van der Waals surface area contributed by atoms with E-state index in [9.17, 15) is 9.18 Å². The molecular weight excluding hydrogens is 173 g/mol. The van der Waals surface area contributed by atoms with Crippen LogP contribution in [0.25, 0.3) is 0 Å². The first-order chi connectivity index (χ1) is 6.24. The molecule has 0 atom stereocenters. The number of carbonyl (C=O) groups is 1. The second-order valence-corrected chi connectivity index (χ2v) is 2.42. The molecule has 0 amide bonds. The Morgan fingerprint density at radius 2 is 2.38 bits per heavy atom. The van der Waals surface area contributed by atoms with Crippen LogP contribution in [0.1, 0.15) is 17.4 Å². The highest BCUT2D eigenvalue weighted by atomic mass is 19.1. The standard InChI is InChI=1S/C9H10FNO2/c1-2-13-6-9(12)8-4-3-7(10)5-11-8/h3-5H,2,6H2,1H3. The molecule has 0 aromatic carbocycles. The lowest BCUT2D eigenvalue weighted by Crippen LogP contribution is -2.10. The first-order valence-corrected chi connectivity index (χ1v) is 3.96. The summed E-state index contributed by atoms with van der Waals surface area (Å²) in [4.78, 5) is 14.8. The van der Waals surface area contributed by atoms with Crippen LogP contribution >= 0.6 is 0 Å². The Morgan fingerprint density at radius 3 is 2.92 bits per heavy atom. The van der Waals surface area contributed by atoms with Gasteiger partial charge in [-0.05, 0) is 19.1 Å². The molecule has 0 spiro atoms. The third-order valence-corrected chi connectivity index (χ3v) is 1.45. The zero-order valence-electron chi connectivity index (χ0n) is 7.29. The SMILES string of the molecule is CCOCC(=O)c1ccc(F)cn1. The third-order valence-electron chi connectivity index (χ3n) is 1.45. The van der Waals surface area contributed by atoms with E-state index >= 15 is 0 Å². The zero-order valence-corrected chi connectivity index (χ0v) is 7.29. The van der Waals surface area contributed by atoms with E-state index in [4.69, 9.17) is 4.74 Å². The van der Waals surface area contributed by atoms with Gasteiger partial charge >= 0.3 is 0 Å². The Balaban J connectivity index is 2.61. The number of ether oxygens (including phenoxy) is 1. The average molecular weight is 183 g/mol. The summed E-state index contributed by atoms with van der Waals surface area (Å²) < 4.78 is 17.3. The Morgan fingerprint density at radius 1 is 1.62 bits per heavy atom. The zero-order chi connectivity index (χ0) is 9.68. The minimum atomic E-state index is -0.451. The number of rotatable bonds is 4. The van der Waals surface area contributed by atoms with E-state index in [1.54, 1.807) is 6.92 Å². The van der Waals surface area contributed by atoms with E-state index in [1.807, 2.05) is 0 Å². The van der Waals surface area contributed by atoms with E-state index in [1.165, 1.54) is 12.1 Å². The Labute approximate surface area is 75.6 Å². The van der Waals surface area contributed by atoms with Crippen molar-refractivity contribution in [1.82, 2.24) is 4.98 Å². The average Bonchev–Trinajstić information content (AvgIpc) is 2.15. The summed E-state index contributed by atoms with van der Waals surface area (Å²) >= 11 is 0. The lowest BCUT2D eigenvalue weighted by atomic mass is 10.2. The van der Waals surface area contributed by atoms with Gasteiger partial charge in [-0.1, -0.05) is 0 Å². The summed E-state index contributed by atoms with van der Waals surface area (Å²) in [5.74, 6) is -0.685. The molecule has 0 aliphatic carbocycles. The Kier molecular flexibility index (Phi) is 3.52. The van der Waals surface area contributed by atoms with E-state index in [-0.39, 0.29) is 18.1 Å². The summed E-state index contributed by atoms with van der Waals surface area (Å²) in [7, 11) is 0. The van der Waals surface area contributed by atoms with E-state index < -0.39 is 5.82 Å². The first kappa shape index (κ1) is 9.80. The van der Waals surface area contributed by atoms with E-state index in [0.717, 1.165) is 6.20 Å². The molecule has 1 aromatic rings. The van der Waals surface area contributed by atoms with Gasteiger partial charge in [0.2, 0.25) is 5.78 Å². The van der Waals surface area contributed by atoms with Crippen LogP contribution in [0.5, 0.6) is 0 Å². The second-order valence-electron chi connectivity index (χ2n) is 2.42. The van der Waals surface area contributed by atoms with E-state index in [0.29, 0.717) is 6.61 Å². The monoisotopic (exact) mass is 183 g/mol. The second kappa shape index (κ2) is 4.67. The number of pyridine rings is 1. The molecule has 0 N–H and O–H groups in total. The highest BCUT2D eigenvalue weighted by molar-refractivity contribution is 5.95. The minimum absolute atomic E-state index is 0.00483. The van der Waals surface area contributed by atoms with Crippen molar-refractivity contribution >= 4 is 5.78 Å². The van der Waals surface area contributed by atoms with Gasteiger partial charge in [-0.25, -0.2) is 9.37 Å². The van der Waals surface area contributed by atoms with Crippen LogP contribution in [0.2, 0.25) is 0 Å². The fraction of sp³-hybridized carbons (Fsp3) is 0.333. The van der Waals surface area contributed by atoms with Crippen molar-refractivity contribution in [3.63, 3.8) is 0 Å². The molecule has 0 bridgehead atoms. The van der Waals surface area contributed by atoms with Crippen LogP contribution in [0.15, 0.2) is 18.3 Å². The molecule has 13 heavy (non-hydrogen) atoms. The number of ketones is 1. The molecule has 0 aliphatic heterocycles. The van der Waals surface area contributed by atoms with Crippen LogP contribution in [0, 0.1) is 5.82 Å². The molecule has 0 saturated heterocycles. The topological polar surface area (TPSA) is 39.2 Å². The number of Topliss-reactive ketones (excluding diaryl/α,β-unsaturated/α-hetero) is 1. The molecule has 0 aliphatic rings. The summed E-state index contributed by atoms with van der Waals surface area (Å²) in [6.45, 7) is 2.27. The van der Waals surface area contributed by atoms with Crippen LogP contribution < -0.4 is 0 Å². The van der Waals surface area contributed by atoms with Crippen LogP contribution in [-0.4, -0.2) is 24.0 Å². The van der Waals surface area contributed by atoms with Crippen LogP contribution in [0.4, 0.5) is 4.39 Å². The highest BCUT2D eigenvalue weighted by Crippen LogP contribution is 1.99. The summed E-state index contributed by atoms with van der Waals surface area (Å²) in [5, 5.41) is 0. The molecule has 0 unspecified atom stereocenters. The summed E-state index contributed by atoms with van der Waals surface area (Å²) in [6, 6.07) is 2.54. The lowest BCUT2D eigenvalue weighted by Gasteiger charge is -1.99. The molecule has 1 heterocycles. The van der Waals surface area contributed by atoms with Gasteiger partial charge in [0.05, 0.1) is 6.20 Å². The number of halogens is 1. The third kappa shape index (κ3) is 2.91. The molecule has 0 radical (unpaired) electrons. The summed E-state index contributed by atoms with van der Waals surface area (Å²) in [5.41, 5.74) is 0.231. The number of hydrogen-bond donors (Lipinski definition) is 0. The van der Waals surface area contributed by atoms with Crippen molar-refractivity contribution in [1.29, 1.82) is 0 Å². The van der Waals surface area contributed by atoms with Crippen LogP contribution in [0.3, 0.4) is 0 Å². The highest BCUT2D eigenvalue weighted by Gasteiger charge is 2.06. The number of nitrogens with zero attached hydrogens (tertiary/aromatic N) is 1. The first-order valence-electron chi connectivity index (χ1n) is 3.96. The quantitative estimate of drug-likeness (QED) is 0.663. The fourth-order valence-corrected chi connectivity index (χ4v) is 0.809. The van der Waals surface area contributed by atoms with Gasteiger partial charge in [0.15, 0.2) is 0 Å². The van der Waals surface area contributed by atoms with Crippen molar-refractivity contribution in [2.75, 3.05) is 13.2 Å². The smallest absolute Gasteiger partial charge is 0.206 e. The van der Waals surface area contributed by atoms with Crippen molar-refractivity contribution in [3.8, 4) is 0 Å². The fourth-order valence-electron chi connectivity index (χ4n) is 0.809. The van der Waals surface area contributed by atoms with Gasteiger partial charge in [0, 0.05) is 6.61 Å². The Bertz CT molecular complexity index is 284. The molecule has 0 saturated carbocycles. The normalized spacial score (nSPS) is 10.0. The maximum atomic E-state index is 12.4. The number of aromatic nitrogens is 1. The molecule has 4 heteroatoms. The van der Waals surface area contributed by atoms with Crippen LogP contribution in [-0.2, 0) is 4.74 Å². The van der Waals surface area contributed by atoms with Gasteiger partial charge < -0.3 is 4.74 Å². The lowest BCUT2D eigenvalue weighted by molar-refractivity contribution is 0.0778. The molecule has 1 aromatic heterocycles. The molecule has 3 nitrogen and oxygen atoms in total. The number of carbonyl (C=O) groups excluding carboxylic acids is 1. The van der Waals surface area contributed by atoms with Crippen molar-refractivity contribution in [3.05, 3.63) is 29.8 Å². The van der Waals surface area contributed by atoms with Gasteiger partial charge in [0.25, 0.3) is 0 Å². The largest absolute Gasteiger partial charge is 0.374 e. The predicted molar refractivity (Wildman–Crippen MR) is 45.0 cm³/mol. The molecular formula is C9H10FNO2. The van der Waals surface area contributed by atoms with Gasteiger partial charge in [-0.2, -0.15) is 0 Å². The van der Waals surface area contributed by atoms with Gasteiger partial charge in [0.1, 0.15) is 18.1 Å².